The largest absolute Gasteiger partial charge is 0.296 e. The van der Waals surface area contributed by atoms with Crippen LogP contribution in [-0.4, -0.2) is 25.2 Å². The molecule has 0 aromatic rings. The van der Waals surface area contributed by atoms with Crippen molar-refractivity contribution in [2.75, 3.05) is 7.05 Å². The van der Waals surface area contributed by atoms with E-state index in [4.69, 9.17) is 11.6 Å². The Balaban J connectivity index is 4.41. The van der Waals surface area contributed by atoms with Crippen LogP contribution in [0.2, 0.25) is 0 Å². The summed E-state index contributed by atoms with van der Waals surface area (Å²) >= 11 is 5.12. The number of halogens is 1. The molecule has 0 bridgehead atoms. The predicted molar refractivity (Wildman–Crippen MR) is 42.9 cm³/mol. The molecule has 0 fully saturated rings. The quantitative estimate of drug-likeness (QED) is 0.344. The maximum absolute atomic E-state index is 10.4. The van der Waals surface area contributed by atoms with Crippen molar-refractivity contribution in [3.63, 3.8) is 0 Å². The van der Waals surface area contributed by atoms with Gasteiger partial charge in [0.2, 0.25) is 0 Å². The number of allylic oxidation sites excluding steroid dienone is 1. The molecule has 0 rings (SSSR count). The molecule has 0 spiro atoms. The summed E-state index contributed by atoms with van der Waals surface area (Å²) in [7, 11) is 1.54. The first-order valence-corrected chi connectivity index (χ1v) is 2.88. The van der Waals surface area contributed by atoms with Gasteiger partial charge in [-0.2, -0.15) is 0 Å². The molecule has 0 aliphatic rings. The Kier molecular flexibility index (Phi) is 4.41. The number of aliphatic imine (C=N–C) groups is 2. The Bertz CT molecular complexity index is 196. The van der Waals surface area contributed by atoms with Gasteiger partial charge in [0, 0.05) is 19.5 Å². The van der Waals surface area contributed by atoms with Crippen molar-refractivity contribution < 1.29 is 4.79 Å². The van der Waals surface area contributed by atoms with Crippen molar-refractivity contribution >= 4 is 29.8 Å². The first-order chi connectivity index (χ1) is 4.72. The van der Waals surface area contributed by atoms with Gasteiger partial charge in [-0.1, -0.05) is 0 Å². The average Bonchev–Trinajstić information content (AvgIpc) is 1.87. The minimum absolute atomic E-state index is 0.235. The molecular formula is C6H7ClN2O. The van der Waals surface area contributed by atoms with Gasteiger partial charge in [-0.3, -0.25) is 14.8 Å². The van der Waals surface area contributed by atoms with Crippen molar-refractivity contribution in [2.45, 2.75) is 0 Å². The average molecular weight is 159 g/mol. The molecule has 3 nitrogen and oxygen atoms in total. The van der Waals surface area contributed by atoms with E-state index < -0.39 is 5.24 Å². The second-order valence-electron chi connectivity index (χ2n) is 1.43. The fourth-order valence-electron chi connectivity index (χ4n) is 0.372. The molecule has 4 heteroatoms. The van der Waals surface area contributed by atoms with E-state index in [1.165, 1.54) is 19.5 Å². The molecule has 0 aromatic carbocycles. The lowest BCUT2D eigenvalue weighted by Crippen LogP contribution is -1.93. The van der Waals surface area contributed by atoms with E-state index in [1.54, 1.807) is 0 Å². The molecule has 0 unspecified atom stereocenters. The molecule has 0 saturated heterocycles. The van der Waals surface area contributed by atoms with Gasteiger partial charge in [-0.05, 0) is 18.3 Å². The van der Waals surface area contributed by atoms with Crippen LogP contribution in [0.3, 0.4) is 0 Å². The Morgan fingerprint density at radius 1 is 1.70 bits per heavy atom. The third-order valence-electron chi connectivity index (χ3n) is 0.726. The normalized spacial score (nSPS) is 12.0. The van der Waals surface area contributed by atoms with E-state index in [-0.39, 0.29) is 5.57 Å². The molecule has 0 aliphatic heterocycles. The van der Waals surface area contributed by atoms with Crippen LogP contribution in [0.4, 0.5) is 0 Å². The molecule has 10 heavy (non-hydrogen) atoms. The number of carbonyl (C=O) groups excluding carboxylic acids is 1. The number of rotatable bonds is 3. The smallest absolute Gasteiger partial charge is 0.255 e. The first-order valence-electron chi connectivity index (χ1n) is 2.50. The van der Waals surface area contributed by atoms with Crippen LogP contribution in [0.1, 0.15) is 0 Å². The van der Waals surface area contributed by atoms with Crippen LogP contribution in [0.5, 0.6) is 0 Å². The second kappa shape index (κ2) is 4.88. The van der Waals surface area contributed by atoms with E-state index in [0.717, 1.165) is 0 Å². The summed E-state index contributed by atoms with van der Waals surface area (Å²) in [5, 5.41) is -0.585. The van der Waals surface area contributed by atoms with E-state index in [1.807, 2.05) is 0 Å². The van der Waals surface area contributed by atoms with E-state index >= 15 is 0 Å². The monoisotopic (exact) mass is 158 g/mol. The highest BCUT2D eigenvalue weighted by atomic mass is 35.5. The van der Waals surface area contributed by atoms with Gasteiger partial charge in [0.1, 0.15) is 0 Å². The van der Waals surface area contributed by atoms with Gasteiger partial charge in [0.15, 0.2) is 0 Å². The van der Waals surface area contributed by atoms with Gasteiger partial charge in [0.25, 0.3) is 5.24 Å². The minimum Gasteiger partial charge on any atom is -0.296 e. The Morgan fingerprint density at radius 3 is 2.60 bits per heavy atom. The molecule has 0 aliphatic carbocycles. The maximum Gasteiger partial charge on any atom is 0.255 e. The highest BCUT2D eigenvalue weighted by molar-refractivity contribution is 6.69. The van der Waals surface area contributed by atoms with Crippen molar-refractivity contribution in [3.8, 4) is 0 Å². The summed E-state index contributed by atoms with van der Waals surface area (Å²) in [6, 6.07) is 0. The van der Waals surface area contributed by atoms with Gasteiger partial charge in [-0.15, -0.1) is 0 Å². The molecule has 0 saturated carbocycles. The summed E-state index contributed by atoms with van der Waals surface area (Å²) in [6.07, 6.45) is 2.58. The molecule has 0 aromatic heterocycles. The summed E-state index contributed by atoms with van der Waals surface area (Å²) in [5.41, 5.74) is 0.235. The van der Waals surface area contributed by atoms with Crippen LogP contribution in [-0.2, 0) is 4.79 Å². The number of carbonyl (C=O) groups is 1. The Morgan fingerprint density at radius 2 is 2.30 bits per heavy atom. The zero-order valence-electron chi connectivity index (χ0n) is 5.54. The van der Waals surface area contributed by atoms with Gasteiger partial charge in [0.05, 0.1) is 5.57 Å². The highest BCUT2D eigenvalue weighted by Crippen LogP contribution is 1.96. The van der Waals surface area contributed by atoms with Crippen LogP contribution in [0.15, 0.2) is 21.8 Å². The summed E-state index contributed by atoms with van der Waals surface area (Å²) in [6.45, 7) is 3.17. The zero-order valence-corrected chi connectivity index (χ0v) is 6.30. The van der Waals surface area contributed by atoms with Crippen molar-refractivity contribution in [1.82, 2.24) is 0 Å². The SMILES string of the molecule is C=NC=C(C=NC)C(=O)Cl. The Hall–Kier alpha value is -0.960. The van der Waals surface area contributed by atoms with Crippen LogP contribution >= 0.6 is 11.6 Å². The molecule has 0 heterocycles. The number of hydrogen-bond donors (Lipinski definition) is 0. The standard InChI is InChI=1S/C6H7ClN2O/c1-8-3-5(4-9-2)6(7)10/h3-4H,1H2,2H3. The third-order valence-corrected chi connectivity index (χ3v) is 0.944. The first kappa shape index (κ1) is 9.04. The molecule has 0 amide bonds. The summed E-state index contributed by atoms with van der Waals surface area (Å²) < 4.78 is 0. The lowest BCUT2D eigenvalue weighted by molar-refractivity contribution is -0.108. The van der Waals surface area contributed by atoms with E-state index in [0.29, 0.717) is 0 Å². The third kappa shape index (κ3) is 3.14. The number of nitrogens with zero attached hydrogens (tertiary/aromatic N) is 2. The predicted octanol–water partition coefficient (Wildman–Crippen LogP) is 1.04. The van der Waals surface area contributed by atoms with Crippen molar-refractivity contribution in [2.24, 2.45) is 9.98 Å². The lowest BCUT2D eigenvalue weighted by atomic mass is 10.3. The van der Waals surface area contributed by atoms with Crippen molar-refractivity contribution in [1.29, 1.82) is 0 Å². The van der Waals surface area contributed by atoms with Crippen LogP contribution in [0, 0.1) is 0 Å². The highest BCUT2D eigenvalue weighted by Gasteiger charge is 1.99. The molecule has 0 radical (unpaired) electrons. The number of hydrogen-bond acceptors (Lipinski definition) is 3. The summed E-state index contributed by atoms with van der Waals surface area (Å²) in [4.78, 5) is 17.4. The summed E-state index contributed by atoms with van der Waals surface area (Å²) in [5.74, 6) is 0. The molecule has 0 N–H and O–H groups in total. The second-order valence-corrected chi connectivity index (χ2v) is 1.77. The van der Waals surface area contributed by atoms with Gasteiger partial charge >= 0.3 is 0 Å². The van der Waals surface area contributed by atoms with E-state index in [9.17, 15) is 4.79 Å². The van der Waals surface area contributed by atoms with Crippen molar-refractivity contribution in [3.05, 3.63) is 11.8 Å². The minimum atomic E-state index is -0.585. The molecule has 0 atom stereocenters. The van der Waals surface area contributed by atoms with Crippen LogP contribution in [0.25, 0.3) is 0 Å². The zero-order chi connectivity index (χ0) is 7.98. The van der Waals surface area contributed by atoms with Gasteiger partial charge < -0.3 is 0 Å². The lowest BCUT2D eigenvalue weighted by Gasteiger charge is -1.86. The fraction of sp³-hybridized carbons (Fsp3) is 0.167. The Labute approximate surface area is 64.1 Å². The molecule has 54 valence electrons. The van der Waals surface area contributed by atoms with Crippen LogP contribution < -0.4 is 0 Å². The van der Waals surface area contributed by atoms with Gasteiger partial charge in [-0.25, -0.2) is 0 Å². The maximum atomic E-state index is 10.4. The van der Waals surface area contributed by atoms with E-state index in [2.05, 4.69) is 16.7 Å². The molecular weight excluding hydrogens is 152 g/mol. The fourth-order valence-corrected chi connectivity index (χ4v) is 0.470. The topological polar surface area (TPSA) is 41.8 Å².